The highest BCUT2D eigenvalue weighted by Gasteiger charge is 2.30. The first kappa shape index (κ1) is 21.2. The maximum Gasteiger partial charge on any atom is 0.416 e. The zero-order valence-electron chi connectivity index (χ0n) is 16.1. The van der Waals surface area contributed by atoms with Gasteiger partial charge in [0.1, 0.15) is 5.75 Å². The molecule has 0 unspecified atom stereocenters. The fraction of sp³-hybridized carbons (Fsp3) is 0.182. The number of amides is 1. The minimum Gasteiger partial charge on any atom is -0.492 e. The summed E-state index contributed by atoms with van der Waals surface area (Å²) in [5, 5.41) is 2.72. The molecule has 0 aliphatic rings. The van der Waals surface area contributed by atoms with Crippen molar-refractivity contribution in [2.45, 2.75) is 19.6 Å². The maximum absolute atomic E-state index is 12.9. The van der Waals surface area contributed by atoms with Crippen molar-refractivity contribution in [1.29, 1.82) is 0 Å². The molecule has 0 aliphatic carbocycles. The van der Waals surface area contributed by atoms with Gasteiger partial charge in [-0.2, -0.15) is 13.2 Å². The van der Waals surface area contributed by atoms with Crippen LogP contribution in [0.1, 0.15) is 28.4 Å². The molecule has 0 atom stereocenters. The van der Waals surface area contributed by atoms with Gasteiger partial charge in [0, 0.05) is 12.3 Å². The Labute approximate surface area is 170 Å². The first-order chi connectivity index (χ1) is 14.3. The summed E-state index contributed by atoms with van der Waals surface area (Å²) in [6.45, 7) is 2.15. The van der Waals surface area contributed by atoms with E-state index in [0.29, 0.717) is 23.6 Å². The number of aromatic nitrogens is 1. The van der Waals surface area contributed by atoms with Gasteiger partial charge in [-0.15, -0.1) is 0 Å². The molecule has 1 heterocycles. The number of carbonyl (C=O) groups is 1. The van der Waals surface area contributed by atoms with Gasteiger partial charge in [-0.25, -0.2) is 0 Å². The lowest BCUT2D eigenvalue weighted by molar-refractivity contribution is -0.137. The van der Waals surface area contributed by atoms with E-state index < -0.39 is 23.2 Å². The largest absolute Gasteiger partial charge is 0.492 e. The molecule has 5 nitrogen and oxygen atoms in total. The van der Waals surface area contributed by atoms with Gasteiger partial charge in [-0.3, -0.25) is 9.59 Å². The Bertz CT molecular complexity index is 1110. The zero-order chi connectivity index (χ0) is 21.7. The van der Waals surface area contributed by atoms with Gasteiger partial charge in [0.2, 0.25) is 0 Å². The van der Waals surface area contributed by atoms with Crippen LogP contribution in [0.3, 0.4) is 0 Å². The first-order valence-corrected chi connectivity index (χ1v) is 9.17. The summed E-state index contributed by atoms with van der Waals surface area (Å²) in [7, 11) is 0. The minimum atomic E-state index is -4.48. The third-order valence-corrected chi connectivity index (χ3v) is 4.29. The number of carbonyl (C=O) groups excluding carboxylic acids is 1. The average molecular weight is 416 g/mol. The molecular formula is C22H19F3N2O3. The number of anilines is 1. The molecule has 3 aromatic rings. The molecule has 0 saturated carbocycles. The van der Waals surface area contributed by atoms with E-state index >= 15 is 0 Å². The first-order valence-electron chi connectivity index (χ1n) is 9.17. The molecule has 2 aromatic carbocycles. The topological polar surface area (TPSA) is 60.3 Å². The smallest absolute Gasteiger partial charge is 0.416 e. The quantitative estimate of drug-likeness (QED) is 0.641. The molecule has 0 saturated heterocycles. The van der Waals surface area contributed by atoms with Gasteiger partial charge in [-0.05, 0) is 42.8 Å². The van der Waals surface area contributed by atoms with Crippen molar-refractivity contribution in [1.82, 2.24) is 4.57 Å². The van der Waals surface area contributed by atoms with Crippen LogP contribution < -0.4 is 15.6 Å². The fourth-order valence-electron chi connectivity index (χ4n) is 2.88. The lowest BCUT2D eigenvalue weighted by atomic mass is 10.1. The lowest BCUT2D eigenvalue weighted by Crippen LogP contribution is -2.23. The second-order valence-corrected chi connectivity index (χ2v) is 6.47. The average Bonchev–Trinajstić information content (AvgIpc) is 2.71. The number of hydrogen-bond donors (Lipinski definition) is 1. The third kappa shape index (κ3) is 5.08. The molecule has 0 aliphatic heterocycles. The molecule has 156 valence electrons. The minimum absolute atomic E-state index is 0.0978. The summed E-state index contributed by atoms with van der Waals surface area (Å²) in [4.78, 5) is 24.8. The second-order valence-electron chi connectivity index (χ2n) is 6.47. The Morgan fingerprint density at radius 3 is 2.57 bits per heavy atom. The van der Waals surface area contributed by atoms with Crippen LogP contribution >= 0.6 is 0 Å². The molecule has 8 heteroatoms. The van der Waals surface area contributed by atoms with Crippen LogP contribution in [0.2, 0.25) is 0 Å². The molecule has 1 amide bonds. The number of nitrogens with one attached hydrogen (secondary N) is 1. The van der Waals surface area contributed by atoms with Gasteiger partial charge in [0.05, 0.1) is 30.0 Å². The summed E-state index contributed by atoms with van der Waals surface area (Å²) < 4.78 is 45.4. The monoisotopic (exact) mass is 416 g/mol. The predicted octanol–water partition coefficient (Wildman–Crippen LogP) is 4.57. The van der Waals surface area contributed by atoms with Gasteiger partial charge < -0.3 is 14.6 Å². The summed E-state index contributed by atoms with van der Waals surface area (Å²) in [5.41, 5.74) is -0.271. The summed E-state index contributed by atoms with van der Waals surface area (Å²) in [5.74, 6) is 0.0329. The summed E-state index contributed by atoms with van der Waals surface area (Å²) >= 11 is 0. The number of hydrogen-bond acceptors (Lipinski definition) is 3. The van der Waals surface area contributed by atoms with E-state index in [1.165, 1.54) is 35.0 Å². The maximum atomic E-state index is 12.9. The highest BCUT2D eigenvalue weighted by atomic mass is 19.4. The number of para-hydroxylation sites is 2. The normalized spacial score (nSPS) is 11.2. The van der Waals surface area contributed by atoms with Crippen molar-refractivity contribution in [2.75, 3.05) is 11.9 Å². The van der Waals surface area contributed by atoms with Crippen LogP contribution in [-0.4, -0.2) is 17.1 Å². The highest BCUT2D eigenvalue weighted by molar-refractivity contribution is 6.04. The molecule has 0 spiro atoms. The van der Waals surface area contributed by atoms with Crippen LogP contribution in [0.5, 0.6) is 5.75 Å². The number of nitrogens with zero attached hydrogens (tertiary/aromatic N) is 1. The van der Waals surface area contributed by atoms with E-state index in [4.69, 9.17) is 4.74 Å². The Balaban J connectivity index is 1.84. The number of benzene rings is 2. The number of alkyl halides is 3. The zero-order valence-corrected chi connectivity index (χ0v) is 16.1. The van der Waals surface area contributed by atoms with E-state index in [9.17, 15) is 22.8 Å². The van der Waals surface area contributed by atoms with Gasteiger partial charge in [-0.1, -0.05) is 24.3 Å². The van der Waals surface area contributed by atoms with Gasteiger partial charge in [0.25, 0.3) is 11.5 Å². The lowest BCUT2D eigenvalue weighted by Gasteiger charge is -2.13. The molecule has 0 radical (unpaired) electrons. The molecule has 3 rings (SSSR count). The van der Waals surface area contributed by atoms with E-state index in [1.807, 2.05) is 6.92 Å². The predicted molar refractivity (Wildman–Crippen MR) is 107 cm³/mol. The third-order valence-electron chi connectivity index (χ3n) is 4.29. The number of halogens is 3. The molecule has 0 fully saturated rings. The SMILES string of the molecule is CCOc1ccccc1NC(=O)c1ccc(=O)n(Cc2cccc(C(F)(F)F)c2)c1. The van der Waals surface area contributed by atoms with Gasteiger partial charge >= 0.3 is 6.18 Å². The summed E-state index contributed by atoms with van der Waals surface area (Å²) in [6.07, 6.45) is -3.15. The van der Waals surface area contributed by atoms with Gasteiger partial charge in [0.15, 0.2) is 0 Å². The number of ether oxygens (including phenoxy) is 1. The van der Waals surface area contributed by atoms with Crippen molar-refractivity contribution in [3.63, 3.8) is 0 Å². The number of rotatable bonds is 6. The van der Waals surface area contributed by atoms with E-state index in [1.54, 1.807) is 24.3 Å². The van der Waals surface area contributed by atoms with Crippen LogP contribution in [0.25, 0.3) is 0 Å². The molecule has 0 bridgehead atoms. The Kier molecular flexibility index (Phi) is 6.25. The molecule has 1 N–H and O–H groups in total. The highest BCUT2D eigenvalue weighted by Crippen LogP contribution is 2.29. The van der Waals surface area contributed by atoms with Crippen LogP contribution in [0, 0.1) is 0 Å². The van der Waals surface area contributed by atoms with E-state index in [0.717, 1.165) is 12.1 Å². The summed E-state index contributed by atoms with van der Waals surface area (Å²) in [6, 6.07) is 14.2. The van der Waals surface area contributed by atoms with E-state index in [-0.39, 0.29) is 12.1 Å². The Morgan fingerprint density at radius 2 is 1.83 bits per heavy atom. The van der Waals surface area contributed by atoms with Crippen molar-refractivity contribution < 1.29 is 22.7 Å². The Hall–Kier alpha value is -3.55. The standard InChI is InChI=1S/C22H19F3N2O3/c1-2-30-19-9-4-3-8-18(19)26-21(29)16-10-11-20(28)27(14-16)13-15-6-5-7-17(12-15)22(23,24)25/h3-12,14H,2,13H2,1H3,(H,26,29). The van der Waals surface area contributed by atoms with E-state index in [2.05, 4.69) is 5.32 Å². The van der Waals surface area contributed by atoms with Crippen LogP contribution in [0.15, 0.2) is 71.7 Å². The van der Waals surface area contributed by atoms with Crippen molar-refractivity contribution in [3.05, 3.63) is 93.9 Å². The molecule has 30 heavy (non-hydrogen) atoms. The van der Waals surface area contributed by atoms with Crippen molar-refractivity contribution in [2.24, 2.45) is 0 Å². The molecule has 1 aromatic heterocycles. The number of pyridine rings is 1. The second kappa shape index (κ2) is 8.86. The van der Waals surface area contributed by atoms with Crippen LogP contribution in [0.4, 0.5) is 18.9 Å². The van der Waals surface area contributed by atoms with Crippen LogP contribution in [-0.2, 0) is 12.7 Å². The molecular weight excluding hydrogens is 397 g/mol. The van der Waals surface area contributed by atoms with Crippen molar-refractivity contribution in [3.8, 4) is 5.75 Å². The fourth-order valence-corrected chi connectivity index (χ4v) is 2.88. The van der Waals surface area contributed by atoms with Crippen molar-refractivity contribution >= 4 is 11.6 Å². The Morgan fingerprint density at radius 1 is 1.07 bits per heavy atom.